The Balaban J connectivity index is 2.06. The fraction of sp³-hybridized carbons (Fsp3) is 0.158. The van der Waals surface area contributed by atoms with E-state index in [2.05, 4.69) is 16.4 Å². The lowest BCUT2D eigenvalue weighted by Crippen LogP contribution is -2.28. The van der Waals surface area contributed by atoms with E-state index in [1.807, 2.05) is 47.0 Å². The van der Waals surface area contributed by atoms with E-state index in [1.165, 1.54) is 0 Å². The Hall–Kier alpha value is -3.66. The molecule has 1 aromatic heterocycles. The highest BCUT2D eigenvalue weighted by atomic mass is 16.5. The summed E-state index contributed by atoms with van der Waals surface area (Å²) in [5.41, 5.74) is 9.01. The van der Waals surface area contributed by atoms with Crippen molar-refractivity contribution in [3.8, 4) is 17.6 Å². The Bertz CT molecular complexity index is 1080. The summed E-state index contributed by atoms with van der Waals surface area (Å²) < 4.78 is 13.0. The molecular formula is C19H17N5O2. The number of nitriles is 1. The lowest BCUT2D eigenvalue weighted by molar-refractivity contribution is 0.349. The molecule has 1 aliphatic heterocycles. The monoisotopic (exact) mass is 347 g/mol. The van der Waals surface area contributed by atoms with Gasteiger partial charge in [0.05, 0.1) is 30.8 Å². The number of fused-ring (bicyclic) bond motifs is 3. The number of methoxy groups -OCH3 is 2. The fourth-order valence-electron chi connectivity index (χ4n) is 3.40. The molecule has 0 spiro atoms. The average molecular weight is 347 g/mol. The molecule has 4 rings (SSSR count). The van der Waals surface area contributed by atoms with Gasteiger partial charge in [-0.05, 0) is 18.2 Å². The predicted molar refractivity (Wildman–Crippen MR) is 97.9 cm³/mol. The number of nitrogens with zero attached hydrogens (tertiary/aromatic N) is 3. The summed E-state index contributed by atoms with van der Waals surface area (Å²) in [6.07, 6.45) is 0. The maximum Gasteiger partial charge on any atom is 0.210 e. The van der Waals surface area contributed by atoms with Crippen LogP contribution < -0.4 is 20.5 Å². The zero-order valence-electron chi connectivity index (χ0n) is 14.4. The largest absolute Gasteiger partial charge is 0.493 e. The Labute approximate surface area is 150 Å². The lowest BCUT2D eigenvalue weighted by Gasteiger charge is -2.29. The van der Waals surface area contributed by atoms with E-state index >= 15 is 0 Å². The van der Waals surface area contributed by atoms with Gasteiger partial charge in [-0.25, -0.2) is 4.98 Å². The van der Waals surface area contributed by atoms with Gasteiger partial charge in [-0.1, -0.05) is 24.3 Å². The van der Waals surface area contributed by atoms with E-state index in [0.29, 0.717) is 23.0 Å². The van der Waals surface area contributed by atoms with Gasteiger partial charge in [-0.3, -0.25) is 4.57 Å². The molecule has 3 aromatic rings. The van der Waals surface area contributed by atoms with Gasteiger partial charge in [0.15, 0.2) is 11.5 Å². The number of nitrogens with two attached hydrogens (primary N) is 1. The van der Waals surface area contributed by atoms with Gasteiger partial charge in [0.2, 0.25) is 5.95 Å². The molecule has 1 aliphatic rings. The van der Waals surface area contributed by atoms with Crippen LogP contribution in [0.15, 0.2) is 53.9 Å². The van der Waals surface area contributed by atoms with Crippen molar-refractivity contribution in [1.29, 1.82) is 5.26 Å². The third-order valence-electron chi connectivity index (χ3n) is 4.51. The van der Waals surface area contributed by atoms with E-state index in [0.717, 1.165) is 16.6 Å². The van der Waals surface area contributed by atoms with Crippen molar-refractivity contribution in [3.63, 3.8) is 0 Å². The molecule has 0 bridgehead atoms. The minimum Gasteiger partial charge on any atom is -0.493 e. The second-order valence-electron chi connectivity index (χ2n) is 5.84. The first-order chi connectivity index (χ1) is 12.7. The van der Waals surface area contributed by atoms with Crippen LogP contribution in [-0.4, -0.2) is 23.8 Å². The normalized spacial score (nSPS) is 16.0. The first-order valence-corrected chi connectivity index (χ1v) is 8.04. The van der Waals surface area contributed by atoms with Crippen LogP contribution in [0.1, 0.15) is 11.6 Å². The molecule has 0 saturated carbocycles. The number of anilines is 1. The van der Waals surface area contributed by atoms with Crippen LogP contribution >= 0.6 is 0 Å². The van der Waals surface area contributed by atoms with Gasteiger partial charge in [-0.15, -0.1) is 0 Å². The van der Waals surface area contributed by atoms with Crippen LogP contribution in [0, 0.1) is 11.3 Å². The van der Waals surface area contributed by atoms with Crippen LogP contribution in [0.4, 0.5) is 5.95 Å². The molecule has 1 atom stereocenters. The van der Waals surface area contributed by atoms with Gasteiger partial charge in [0, 0.05) is 5.56 Å². The SMILES string of the molecule is COc1cccc([C@H]2C(C#N)=C(N)Nc3nc4ccccc4n32)c1OC. The zero-order valence-corrected chi connectivity index (χ0v) is 14.4. The summed E-state index contributed by atoms with van der Waals surface area (Å²) >= 11 is 0. The molecule has 0 radical (unpaired) electrons. The number of hydrogen-bond acceptors (Lipinski definition) is 6. The highest BCUT2D eigenvalue weighted by Gasteiger charge is 2.33. The summed E-state index contributed by atoms with van der Waals surface area (Å²) in [6, 6.07) is 15.1. The van der Waals surface area contributed by atoms with Crippen molar-refractivity contribution >= 4 is 17.0 Å². The summed E-state index contributed by atoms with van der Waals surface area (Å²) in [4.78, 5) is 4.60. The van der Waals surface area contributed by atoms with Gasteiger partial charge >= 0.3 is 0 Å². The van der Waals surface area contributed by atoms with Crippen molar-refractivity contribution < 1.29 is 9.47 Å². The molecule has 2 heterocycles. The summed E-state index contributed by atoms with van der Waals surface area (Å²) in [7, 11) is 3.16. The highest BCUT2D eigenvalue weighted by molar-refractivity contribution is 5.81. The first-order valence-electron chi connectivity index (χ1n) is 8.04. The fourth-order valence-corrected chi connectivity index (χ4v) is 3.40. The molecule has 0 aliphatic carbocycles. The third-order valence-corrected chi connectivity index (χ3v) is 4.51. The number of aromatic nitrogens is 2. The van der Waals surface area contributed by atoms with Crippen LogP contribution in [-0.2, 0) is 0 Å². The van der Waals surface area contributed by atoms with Crippen molar-refractivity contribution in [2.45, 2.75) is 6.04 Å². The van der Waals surface area contributed by atoms with E-state index in [4.69, 9.17) is 15.2 Å². The third kappa shape index (κ3) is 2.16. The van der Waals surface area contributed by atoms with Gasteiger partial charge in [0.1, 0.15) is 17.9 Å². The molecule has 2 aromatic carbocycles. The van der Waals surface area contributed by atoms with Crippen molar-refractivity contribution in [2.24, 2.45) is 5.73 Å². The number of imidazole rings is 1. The van der Waals surface area contributed by atoms with Gasteiger partial charge in [0.25, 0.3) is 0 Å². The molecular weight excluding hydrogens is 330 g/mol. The zero-order chi connectivity index (χ0) is 18.3. The Kier molecular flexibility index (Phi) is 3.66. The predicted octanol–water partition coefficient (Wildman–Crippen LogP) is 2.76. The smallest absolute Gasteiger partial charge is 0.210 e. The molecule has 26 heavy (non-hydrogen) atoms. The first kappa shape index (κ1) is 15.8. The standard InChI is InChI=1S/C19H17N5O2/c1-25-15-9-5-6-11(17(15)26-2)16-12(10-20)18(21)23-19-22-13-7-3-4-8-14(13)24(16)19/h3-9,16H,21H2,1-2H3,(H,22,23)/t16-/m0/s1. The average Bonchev–Trinajstić information content (AvgIpc) is 3.03. The molecule has 0 amide bonds. The van der Waals surface area contributed by atoms with Gasteiger partial charge in [-0.2, -0.15) is 5.26 Å². The summed E-state index contributed by atoms with van der Waals surface area (Å²) in [5, 5.41) is 12.8. The van der Waals surface area contributed by atoms with Crippen LogP contribution in [0.2, 0.25) is 0 Å². The number of para-hydroxylation sites is 3. The second-order valence-corrected chi connectivity index (χ2v) is 5.84. The molecule has 7 heteroatoms. The number of allylic oxidation sites excluding steroid dienone is 1. The van der Waals surface area contributed by atoms with E-state index in [1.54, 1.807) is 14.2 Å². The molecule has 130 valence electrons. The van der Waals surface area contributed by atoms with Crippen molar-refractivity contribution in [2.75, 3.05) is 19.5 Å². The Morgan fingerprint density at radius 1 is 1.15 bits per heavy atom. The minimum atomic E-state index is -0.478. The maximum atomic E-state index is 9.78. The Morgan fingerprint density at radius 2 is 1.96 bits per heavy atom. The molecule has 0 unspecified atom stereocenters. The number of benzene rings is 2. The van der Waals surface area contributed by atoms with Crippen LogP contribution in [0.3, 0.4) is 0 Å². The van der Waals surface area contributed by atoms with Crippen LogP contribution in [0.25, 0.3) is 11.0 Å². The topological polar surface area (TPSA) is 98.1 Å². The Morgan fingerprint density at radius 3 is 2.69 bits per heavy atom. The molecule has 0 saturated heterocycles. The summed E-state index contributed by atoms with van der Waals surface area (Å²) in [6.45, 7) is 0. The van der Waals surface area contributed by atoms with E-state index in [-0.39, 0.29) is 5.82 Å². The second kappa shape index (κ2) is 6.01. The van der Waals surface area contributed by atoms with Crippen molar-refractivity contribution in [3.05, 3.63) is 59.4 Å². The lowest BCUT2D eigenvalue weighted by atomic mass is 9.96. The number of hydrogen-bond donors (Lipinski definition) is 2. The molecule has 3 N–H and O–H groups in total. The summed E-state index contributed by atoms with van der Waals surface area (Å²) in [5.74, 6) is 2.01. The van der Waals surface area contributed by atoms with Crippen molar-refractivity contribution in [1.82, 2.24) is 9.55 Å². The molecule has 7 nitrogen and oxygen atoms in total. The molecule has 0 fully saturated rings. The number of rotatable bonds is 3. The van der Waals surface area contributed by atoms with E-state index in [9.17, 15) is 5.26 Å². The van der Waals surface area contributed by atoms with E-state index < -0.39 is 6.04 Å². The maximum absolute atomic E-state index is 9.78. The number of nitrogens with one attached hydrogen (secondary N) is 1. The van der Waals surface area contributed by atoms with Crippen LogP contribution in [0.5, 0.6) is 11.5 Å². The highest BCUT2D eigenvalue weighted by Crippen LogP contribution is 2.43. The quantitative estimate of drug-likeness (QED) is 0.756. The van der Waals surface area contributed by atoms with Gasteiger partial charge < -0.3 is 20.5 Å². The minimum absolute atomic E-state index is 0.283. The number of ether oxygens (including phenoxy) is 2.